The van der Waals surface area contributed by atoms with E-state index >= 15 is 0 Å². The third-order valence-corrected chi connectivity index (χ3v) is 9.57. The van der Waals surface area contributed by atoms with E-state index in [9.17, 15) is 13.2 Å². The Morgan fingerprint density at radius 2 is 1.79 bits per heavy atom. The monoisotopic (exact) mass is 417 g/mol. The molecule has 2 bridgehead atoms. The second kappa shape index (κ2) is 5.11. The zero-order valence-electron chi connectivity index (χ0n) is 16.0. The summed E-state index contributed by atoms with van der Waals surface area (Å²) in [5.41, 5.74) is 1.42. The number of hydrogen-bond donors (Lipinski definition) is 0. The van der Waals surface area contributed by atoms with Gasteiger partial charge in [-0.15, -0.1) is 0 Å². The molecule has 0 aromatic heterocycles. The van der Waals surface area contributed by atoms with E-state index in [1.807, 2.05) is 6.07 Å². The lowest BCUT2D eigenvalue weighted by Crippen LogP contribution is -2.73. The van der Waals surface area contributed by atoms with Gasteiger partial charge < -0.3 is 24.2 Å². The number of nitrogens with zero attached hydrogens (tertiary/aromatic N) is 3. The molecule has 1 spiro atoms. The van der Waals surface area contributed by atoms with Crippen molar-refractivity contribution in [3.63, 3.8) is 0 Å². The average Bonchev–Trinajstić information content (AvgIpc) is 3.41. The Labute approximate surface area is 169 Å². The average molecular weight is 417 g/mol. The number of piperidine rings is 3. The fourth-order valence-corrected chi connectivity index (χ4v) is 7.94. The number of carbonyl (C=O) groups excluding carboxylic acids is 1. The summed E-state index contributed by atoms with van der Waals surface area (Å²) in [6.07, 6.45) is 1.21. The maximum Gasteiger partial charge on any atom is 0.320 e. The highest BCUT2D eigenvalue weighted by molar-refractivity contribution is 7.91. The maximum atomic E-state index is 13.2. The van der Waals surface area contributed by atoms with Crippen LogP contribution in [-0.4, -0.2) is 86.7 Å². The number of hydrogen-bond acceptors (Lipinski definition) is 6. The van der Waals surface area contributed by atoms with Crippen LogP contribution in [0.5, 0.6) is 11.5 Å². The molecule has 2 aliphatic carbocycles. The van der Waals surface area contributed by atoms with Crippen LogP contribution >= 0.6 is 0 Å². The second-order valence-electron chi connectivity index (χ2n) is 9.22. The van der Waals surface area contributed by atoms with E-state index in [0.717, 1.165) is 23.7 Å². The number of anilines is 1. The molecule has 4 aliphatic heterocycles. The molecule has 5 unspecified atom stereocenters. The lowest BCUT2D eigenvalue weighted by molar-refractivity contribution is -0.0965. The molecule has 1 aromatic carbocycles. The highest BCUT2D eigenvalue weighted by atomic mass is 32.2. The third-order valence-electron chi connectivity index (χ3n) is 7.96. The van der Waals surface area contributed by atoms with Crippen LogP contribution in [0, 0.1) is 11.3 Å². The van der Waals surface area contributed by atoms with Crippen LogP contribution in [0.1, 0.15) is 6.42 Å². The first-order chi connectivity index (χ1) is 14.0. The Kier molecular flexibility index (Phi) is 2.93. The number of benzene rings is 1. The normalized spacial score (nSPS) is 39.8. The SMILES string of the molecule is O=C(N1CCS(=O)(=O)CC1)N1C2C3CN(c4ccc5c(c4)OCCO5)C4C1C42C3. The number of rotatable bonds is 1. The Balaban J connectivity index is 1.13. The lowest BCUT2D eigenvalue weighted by Gasteiger charge is -2.62. The minimum Gasteiger partial charge on any atom is -0.486 e. The van der Waals surface area contributed by atoms with Crippen molar-refractivity contribution in [2.45, 2.75) is 24.5 Å². The number of amides is 2. The van der Waals surface area contributed by atoms with Crippen LogP contribution < -0.4 is 14.4 Å². The van der Waals surface area contributed by atoms with E-state index in [0.29, 0.717) is 44.3 Å². The molecule has 0 N–H and O–H groups in total. The zero-order chi connectivity index (χ0) is 19.5. The third kappa shape index (κ3) is 1.95. The molecular formula is C20H23N3O5S. The van der Waals surface area contributed by atoms with E-state index in [2.05, 4.69) is 21.9 Å². The standard InChI is InChI=1S/C20H23N3O5S/c24-19(21-3-7-29(25,26)8-4-21)23-16-12-10-20(16)17(18(20)23)22(11-12)13-1-2-14-15(9-13)28-6-5-27-14/h1-2,9,12,16-18H,3-8,10-11H2. The first-order valence-corrected chi connectivity index (χ1v) is 12.3. The van der Waals surface area contributed by atoms with Crippen molar-refractivity contribution >= 4 is 21.6 Å². The van der Waals surface area contributed by atoms with Gasteiger partial charge in [-0.3, -0.25) is 0 Å². The van der Waals surface area contributed by atoms with Crippen molar-refractivity contribution in [3.05, 3.63) is 18.2 Å². The Morgan fingerprint density at radius 3 is 2.59 bits per heavy atom. The van der Waals surface area contributed by atoms with E-state index in [4.69, 9.17) is 9.47 Å². The number of sulfone groups is 1. The molecule has 9 heteroatoms. The molecule has 2 amide bonds. The summed E-state index contributed by atoms with van der Waals surface area (Å²) in [4.78, 5) is 19.5. The highest BCUT2D eigenvalue weighted by Gasteiger charge is 2.92. The van der Waals surface area contributed by atoms with E-state index < -0.39 is 9.84 Å². The van der Waals surface area contributed by atoms with Crippen LogP contribution in [0.15, 0.2) is 18.2 Å². The van der Waals surface area contributed by atoms with Gasteiger partial charge in [0.05, 0.1) is 23.6 Å². The molecule has 3 saturated heterocycles. The summed E-state index contributed by atoms with van der Waals surface area (Å²) >= 11 is 0. The van der Waals surface area contributed by atoms with Gasteiger partial charge in [0, 0.05) is 42.8 Å². The Morgan fingerprint density at radius 1 is 1.03 bits per heavy atom. The molecule has 8 nitrogen and oxygen atoms in total. The van der Waals surface area contributed by atoms with Crippen LogP contribution in [0.25, 0.3) is 0 Å². The Hall–Kier alpha value is -2.16. The van der Waals surface area contributed by atoms with E-state index in [1.54, 1.807) is 4.90 Å². The summed E-state index contributed by atoms with van der Waals surface area (Å²) in [5.74, 6) is 2.27. The largest absolute Gasteiger partial charge is 0.486 e. The van der Waals surface area contributed by atoms with Crippen LogP contribution in [-0.2, 0) is 9.84 Å². The molecule has 154 valence electrons. The molecule has 4 heterocycles. The summed E-state index contributed by atoms with van der Waals surface area (Å²) < 4.78 is 34.8. The number of urea groups is 1. The predicted octanol–water partition coefficient (Wildman–Crippen LogP) is 0.570. The van der Waals surface area contributed by atoms with Crippen molar-refractivity contribution in [2.24, 2.45) is 11.3 Å². The smallest absolute Gasteiger partial charge is 0.320 e. The van der Waals surface area contributed by atoms with Gasteiger partial charge in [0.25, 0.3) is 0 Å². The van der Waals surface area contributed by atoms with Crippen molar-refractivity contribution in [1.82, 2.24) is 9.80 Å². The van der Waals surface area contributed by atoms with E-state index in [1.165, 1.54) is 6.42 Å². The van der Waals surface area contributed by atoms with Crippen molar-refractivity contribution < 1.29 is 22.7 Å². The summed E-state index contributed by atoms with van der Waals surface area (Å²) in [6.45, 7) is 2.77. The lowest BCUT2D eigenvalue weighted by atomic mass is 9.59. The summed E-state index contributed by atoms with van der Waals surface area (Å²) in [5, 5.41) is 0. The van der Waals surface area contributed by atoms with Crippen LogP contribution in [0.4, 0.5) is 10.5 Å². The molecule has 5 fully saturated rings. The van der Waals surface area contributed by atoms with Crippen molar-refractivity contribution in [3.8, 4) is 11.5 Å². The van der Waals surface area contributed by atoms with Crippen LogP contribution in [0.2, 0.25) is 0 Å². The van der Waals surface area contributed by atoms with Gasteiger partial charge in [-0.05, 0) is 24.5 Å². The van der Waals surface area contributed by atoms with Gasteiger partial charge in [-0.2, -0.15) is 0 Å². The maximum absolute atomic E-state index is 13.2. The molecule has 7 rings (SSSR count). The summed E-state index contributed by atoms with van der Waals surface area (Å²) in [7, 11) is -2.98. The summed E-state index contributed by atoms with van der Waals surface area (Å²) in [6, 6.07) is 7.19. The molecule has 29 heavy (non-hydrogen) atoms. The molecule has 0 radical (unpaired) electrons. The van der Waals surface area contributed by atoms with Gasteiger partial charge in [-0.1, -0.05) is 0 Å². The van der Waals surface area contributed by atoms with Gasteiger partial charge in [0.1, 0.15) is 13.2 Å². The molecule has 2 saturated carbocycles. The first kappa shape index (κ1) is 16.6. The van der Waals surface area contributed by atoms with Gasteiger partial charge in [0.2, 0.25) is 0 Å². The molecule has 1 aromatic rings. The second-order valence-corrected chi connectivity index (χ2v) is 11.5. The minimum atomic E-state index is -2.98. The highest BCUT2D eigenvalue weighted by Crippen LogP contribution is 2.80. The molecule has 6 aliphatic rings. The molecule has 5 atom stereocenters. The Bertz CT molecular complexity index is 1030. The zero-order valence-corrected chi connectivity index (χ0v) is 16.8. The fourth-order valence-electron chi connectivity index (χ4n) is 6.74. The van der Waals surface area contributed by atoms with Gasteiger partial charge >= 0.3 is 6.03 Å². The fraction of sp³-hybridized carbons (Fsp3) is 0.650. The number of likely N-dealkylation sites (tertiary alicyclic amines) is 1. The minimum absolute atomic E-state index is 0.0433. The molecular weight excluding hydrogens is 394 g/mol. The quantitative estimate of drug-likeness (QED) is 0.665. The van der Waals surface area contributed by atoms with Gasteiger partial charge in [-0.25, -0.2) is 13.2 Å². The van der Waals surface area contributed by atoms with Gasteiger partial charge in [0.15, 0.2) is 21.3 Å². The van der Waals surface area contributed by atoms with E-state index in [-0.39, 0.29) is 29.0 Å². The number of ether oxygens (including phenoxy) is 2. The number of carbonyl (C=O) groups is 1. The van der Waals surface area contributed by atoms with Crippen molar-refractivity contribution in [1.29, 1.82) is 0 Å². The van der Waals surface area contributed by atoms with Crippen molar-refractivity contribution in [2.75, 3.05) is 49.3 Å². The predicted molar refractivity (Wildman–Crippen MR) is 104 cm³/mol. The van der Waals surface area contributed by atoms with Crippen LogP contribution in [0.3, 0.4) is 0 Å². The first-order valence-electron chi connectivity index (χ1n) is 10.4. The number of fused-ring (bicyclic) bond motifs is 2. The topological polar surface area (TPSA) is 79.4 Å².